The van der Waals surface area contributed by atoms with Gasteiger partial charge in [0, 0.05) is 6.42 Å². The van der Waals surface area contributed by atoms with Crippen LogP contribution in [0.4, 0.5) is 0 Å². The fraction of sp³-hybridized carbons (Fsp3) is 0.833. The lowest BCUT2D eigenvalue weighted by Crippen LogP contribution is -2.42. The zero-order valence-corrected chi connectivity index (χ0v) is 33.0. The Kier molecular flexibility index (Phi) is 11.7. The topological polar surface area (TPSA) is 27.7 Å². The molecule has 0 aromatic rings. The lowest BCUT2D eigenvalue weighted by atomic mass is 9.60. The summed E-state index contributed by atoms with van der Waals surface area (Å²) in [4.78, 5) is 0. The maximum absolute atomic E-state index is 6.67. The third-order valence-electron chi connectivity index (χ3n) is 9.99. The zero-order chi connectivity index (χ0) is 31.7. The Morgan fingerprint density at radius 1 is 0.952 bits per heavy atom. The van der Waals surface area contributed by atoms with Gasteiger partial charge in [-0.3, -0.25) is 0 Å². The second-order valence-electron chi connectivity index (χ2n) is 17.9. The second-order valence-corrected chi connectivity index (χ2v) is 31.3. The number of fused-ring (bicyclic) bond motifs is 1. The molecule has 6 unspecified atom stereocenters. The van der Waals surface area contributed by atoms with Crippen molar-refractivity contribution < 1.29 is 13.3 Å². The molecule has 242 valence electrons. The Hall–Kier alpha value is -0.249. The molecule has 3 aliphatic carbocycles. The fourth-order valence-electron chi connectivity index (χ4n) is 8.71. The first-order valence-electron chi connectivity index (χ1n) is 17.2. The predicted octanol–water partition coefficient (Wildman–Crippen LogP) is 11.3. The largest absolute Gasteiger partial charge is 0.414 e. The van der Waals surface area contributed by atoms with Crippen LogP contribution in [0.5, 0.6) is 0 Å². The predicted molar refractivity (Wildman–Crippen MR) is 191 cm³/mol. The summed E-state index contributed by atoms with van der Waals surface area (Å²) in [5, 5.41) is 0. The van der Waals surface area contributed by atoms with Crippen molar-refractivity contribution in [3.63, 3.8) is 0 Å². The molecule has 0 spiro atoms. The van der Waals surface area contributed by atoms with Gasteiger partial charge < -0.3 is 13.3 Å². The van der Waals surface area contributed by atoms with E-state index < -0.39 is 25.0 Å². The minimum Gasteiger partial charge on any atom is -0.414 e. The van der Waals surface area contributed by atoms with E-state index in [9.17, 15) is 0 Å². The van der Waals surface area contributed by atoms with Gasteiger partial charge in [-0.25, -0.2) is 0 Å². The maximum atomic E-state index is 6.67. The number of allylic oxidation sites excluding steroid dienone is 3. The van der Waals surface area contributed by atoms with Gasteiger partial charge in [-0.05, 0) is 152 Å². The van der Waals surface area contributed by atoms with Gasteiger partial charge in [0.15, 0.2) is 25.0 Å². The van der Waals surface area contributed by atoms with Crippen LogP contribution in [-0.4, -0.2) is 42.8 Å². The normalized spacial score (nSPS) is 32.5. The van der Waals surface area contributed by atoms with E-state index in [1.54, 1.807) is 5.57 Å². The molecule has 3 saturated carbocycles. The molecule has 6 heteroatoms. The number of hydrogen-bond donors (Lipinski definition) is 0. The van der Waals surface area contributed by atoms with Gasteiger partial charge in [0.2, 0.25) is 0 Å². The van der Waals surface area contributed by atoms with Crippen LogP contribution in [0.25, 0.3) is 0 Å². The molecule has 0 aromatic carbocycles. The molecule has 3 rings (SSSR count). The Morgan fingerprint density at radius 3 is 2.19 bits per heavy atom. The van der Waals surface area contributed by atoms with Crippen LogP contribution in [0.3, 0.4) is 0 Å². The molecular formula is C36H68O3Si3. The molecular weight excluding hydrogens is 565 g/mol. The van der Waals surface area contributed by atoms with Crippen molar-refractivity contribution in [2.24, 2.45) is 23.2 Å². The van der Waals surface area contributed by atoms with E-state index in [0.29, 0.717) is 5.41 Å². The highest BCUT2D eigenvalue weighted by atomic mass is 28.4. The minimum atomic E-state index is -1.69. The third kappa shape index (κ3) is 10.4. The van der Waals surface area contributed by atoms with Crippen molar-refractivity contribution in [1.82, 2.24) is 0 Å². The Morgan fingerprint density at radius 2 is 1.60 bits per heavy atom. The molecule has 3 aliphatic rings. The van der Waals surface area contributed by atoms with Crippen LogP contribution in [-0.2, 0) is 13.3 Å². The molecule has 0 aliphatic heterocycles. The maximum Gasteiger partial charge on any atom is 0.184 e. The Bertz CT molecular complexity index is 994. The van der Waals surface area contributed by atoms with Gasteiger partial charge in [-0.15, -0.1) is 0 Å². The molecule has 0 N–H and O–H groups in total. The van der Waals surface area contributed by atoms with Crippen molar-refractivity contribution in [1.29, 1.82) is 0 Å². The highest BCUT2D eigenvalue weighted by molar-refractivity contribution is 6.70. The van der Waals surface area contributed by atoms with E-state index in [-0.39, 0.29) is 17.8 Å². The van der Waals surface area contributed by atoms with Crippen LogP contribution in [0.1, 0.15) is 91.9 Å². The molecule has 0 heterocycles. The molecule has 0 bridgehead atoms. The van der Waals surface area contributed by atoms with Crippen LogP contribution < -0.4 is 0 Å². The molecule has 3 nitrogen and oxygen atoms in total. The monoisotopic (exact) mass is 632 g/mol. The molecule has 0 aromatic heterocycles. The highest BCUT2D eigenvalue weighted by Gasteiger charge is 2.50. The Balaban J connectivity index is 1.73. The van der Waals surface area contributed by atoms with Gasteiger partial charge in [-0.1, -0.05) is 51.0 Å². The van der Waals surface area contributed by atoms with E-state index in [2.05, 4.69) is 105 Å². The molecule has 6 atom stereocenters. The van der Waals surface area contributed by atoms with E-state index in [1.165, 1.54) is 62.5 Å². The van der Waals surface area contributed by atoms with E-state index in [0.717, 1.165) is 30.6 Å². The first-order valence-corrected chi connectivity index (χ1v) is 27.5. The first-order chi connectivity index (χ1) is 19.1. The second kappa shape index (κ2) is 13.6. The molecule has 42 heavy (non-hydrogen) atoms. The fourth-order valence-corrected chi connectivity index (χ4v) is 12.7. The first kappa shape index (κ1) is 36.2. The lowest BCUT2D eigenvalue weighted by Gasteiger charge is -2.44. The van der Waals surface area contributed by atoms with E-state index in [1.807, 2.05) is 0 Å². The summed E-state index contributed by atoms with van der Waals surface area (Å²) in [6.45, 7) is 35.1. The van der Waals surface area contributed by atoms with Crippen molar-refractivity contribution in [3.05, 3.63) is 35.5 Å². The summed E-state index contributed by atoms with van der Waals surface area (Å²) in [5.41, 5.74) is 4.69. The minimum absolute atomic E-state index is 0.00190. The average molecular weight is 633 g/mol. The quantitative estimate of drug-likeness (QED) is 0.200. The van der Waals surface area contributed by atoms with Crippen molar-refractivity contribution >= 4 is 25.0 Å². The number of hydrogen-bond acceptors (Lipinski definition) is 3. The van der Waals surface area contributed by atoms with E-state index in [4.69, 9.17) is 13.3 Å². The third-order valence-corrected chi connectivity index (χ3v) is 13.2. The molecule has 0 saturated heterocycles. The van der Waals surface area contributed by atoms with Gasteiger partial charge in [0.05, 0.1) is 17.8 Å². The summed E-state index contributed by atoms with van der Waals surface area (Å²) in [7, 11) is -4.85. The average Bonchev–Trinajstić information content (AvgIpc) is 3.14. The van der Waals surface area contributed by atoms with Crippen LogP contribution in [0.2, 0.25) is 58.9 Å². The lowest BCUT2D eigenvalue weighted by molar-refractivity contribution is 0.0735. The summed E-state index contributed by atoms with van der Waals surface area (Å²) < 4.78 is 19.8. The van der Waals surface area contributed by atoms with Gasteiger partial charge in [-0.2, -0.15) is 0 Å². The van der Waals surface area contributed by atoms with Crippen LogP contribution in [0, 0.1) is 23.2 Å². The summed E-state index contributed by atoms with van der Waals surface area (Å²) >= 11 is 0. The summed E-state index contributed by atoms with van der Waals surface area (Å²) in [6.07, 6.45) is 17.7. The summed E-state index contributed by atoms with van der Waals surface area (Å²) in [5.74, 6) is 2.33. The molecule has 0 radical (unpaired) electrons. The van der Waals surface area contributed by atoms with Gasteiger partial charge in [0.1, 0.15) is 0 Å². The van der Waals surface area contributed by atoms with Crippen molar-refractivity contribution in [3.8, 4) is 0 Å². The Labute approximate surface area is 264 Å². The van der Waals surface area contributed by atoms with Crippen molar-refractivity contribution in [2.45, 2.75) is 169 Å². The smallest absolute Gasteiger partial charge is 0.184 e. The summed E-state index contributed by atoms with van der Waals surface area (Å²) in [6, 6.07) is 0. The zero-order valence-electron chi connectivity index (χ0n) is 30.0. The van der Waals surface area contributed by atoms with Crippen molar-refractivity contribution in [2.75, 3.05) is 0 Å². The molecule has 0 amide bonds. The number of rotatable bonds is 12. The van der Waals surface area contributed by atoms with Gasteiger partial charge >= 0.3 is 0 Å². The standard InChI is InChI=1S/C36H68O3Si3/c1-27(17-15-23-35(3,4)39-42(12,13)14)32-21-22-33-29(18-16-24-36(32,33)5)19-20-30-25-31(37-40(6,7)8)26-34(28(30)2)38-41(9,10)11/h19-20,27,31-34H,2,15-18,21-26H2,1,3-14H3/b29-19+,30-20+. The van der Waals surface area contributed by atoms with Gasteiger partial charge in [0.25, 0.3) is 0 Å². The van der Waals surface area contributed by atoms with Crippen LogP contribution in [0.15, 0.2) is 35.5 Å². The molecule has 3 fully saturated rings. The SMILES string of the molecule is C=C1/C(=C/C=C2\CCCC3(C)C2CCC3C(C)CCCC(C)(C)O[Si](C)(C)C)CC(O[Si](C)(C)C)CC1O[Si](C)(C)C. The highest BCUT2D eigenvalue weighted by Crippen LogP contribution is 2.60. The van der Waals surface area contributed by atoms with Crippen LogP contribution >= 0.6 is 0 Å². The van der Waals surface area contributed by atoms with E-state index >= 15 is 0 Å².